The van der Waals surface area contributed by atoms with Crippen molar-refractivity contribution >= 4 is 0 Å². The van der Waals surface area contributed by atoms with Crippen molar-refractivity contribution < 1.29 is 19.5 Å². The molecule has 0 heterocycles. The van der Waals surface area contributed by atoms with Crippen molar-refractivity contribution in [1.82, 2.24) is 0 Å². The van der Waals surface area contributed by atoms with E-state index in [1.54, 1.807) is 24.3 Å². The van der Waals surface area contributed by atoms with Gasteiger partial charge in [0.1, 0.15) is 0 Å². The molecule has 1 rings (SSSR count). The first-order chi connectivity index (χ1) is 3.93. The molecule has 0 aliphatic rings. The van der Waals surface area contributed by atoms with Crippen LogP contribution in [0.25, 0.3) is 0 Å². The van der Waals surface area contributed by atoms with Gasteiger partial charge in [0.25, 0.3) is 0 Å². The Hall–Kier alpha value is -0.667. The summed E-state index contributed by atoms with van der Waals surface area (Å²) in [6.45, 7) is 0. The number of hydrogen-bond donors (Lipinski definition) is 0. The zero-order chi connectivity index (χ0) is 5.82. The molecule has 0 fully saturated rings. The molecule has 40 valence electrons. The fourth-order valence-corrected chi connectivity index (χ4v) is 0.461. The number of benzene rings is 1. The molecule has 0 aliphatic carbocycles. The monoisotopic (exact) mass is 166 g/mol. The Morgan fingerprint density at radius 3 is 2.22 bits per heavy atom. The van der Waals surface area contributed by atoms with Gasteiger partial charge in [-0.3, -0.25) is 0 Å². The van der Waals surface area contributed by atoms with Crippen LogP contribution in [0.3, 0.4) is 0 Å². The second-order valence-electron chi connectivity index (χ2n) is 1.40. The zero-order valence-corrected chi connectivity index (χ0v) is 7.93. The number of rotatable bonds is 0. The van der Waals surface area contributed by atoms with Crippen molar-refractivity contribution in [2.45, 2.75) is 0 Å². The molecule has 0 spiro atoms. The molecule has 0 aromatic heterocycles. The maximum absolute atomic E-state index is 8.27. The number of hydrogen-bond acceptors (Lipinski definition) is 1. The van der Waals surface area contributed by atoms with Crippen LogP contribution in [0.2, 0.25) is 0 Å². The molecule has 0 saturated carbocycles. The summed E-state index contributed by atoms with van der Waals surface area (Å²) in [5.41, 5.74) is 0.684. The van der Waals surface area contributed by atoms with Gasteiger partial charge in [0.15, 0.2) is 0 Å². The molecule has 0 saturated heterocycles. The quantitative estimate of drug-likeness (QED) is 0.423. The van der Waals surface area contributed by atoms with E-state index in [1.165, 1.54) is 0 Å². The molecule has 1 aromatic carbocycles. The van der Waals surface area contributed by atoms with Gasteiger partial charge >= 0.3 is 0 Å². The van der Waals surface area contributed by atoms with Gasteiger partial charge in [0.05, 0.1) is 6.07 Å². The molecule has 0 amide bonds. The normalized spacial score (nSPS) is 7.00. The zero-order valence-electron chi connectivity index (χ0n) is 4.96. The number of nitrogens with zero attached hydrogens (tertiary/aromatic N) is 1. The summed E-state index contributed by atoms with van der Waals surface area (Å²) in [6, 6.07) is 11.7. The van der Waals surface area contributed by atoms with E-state index in [9.17, 15) is 0 Å². The first kappa shape index (κ1) is 8.33. The summed E-state index contributed by atoms with van der Waals surface area (Å²) in [5.74, 6) is 0. The van der Waals surface area contributed by atoms with Crippen molar-refractivity contribution in [1.29, 1.82) is 5.26 Å². The third-order valence-corrected chi connectivity index (χ3v) is 0.847. The molecule has 1 nitrogen and oxygen atoms in total. The third-order valence-electron chi connectivity index (χ3n) is 0.847. The van der Waals surface area contributed by atoms with Crippen LogP contribution in [0, 0.1) is 17.4 Å². The average Bonchev–Trinajstić information content (AvgIpc) is 1.90. The van der Waals surface area contributed by atoms with Crippen molar-refractivity contribution in [2.24, 2.45) is 0 Å². The van der Waals surface area contributed by atoms with Crippen molar-refractivity contribution in [3.63, 3.8) is 0 Å². The van der Waals surface area contributed by atoms with E-state index in [0.29, 0.717) is 5.56 Å². The predicted octanol–water partition coefficient (Wildman–Crippen LogP) is 1.36. The van der Waals surface area contributed by atoms with Crippen LogP contribution in [0.4, 0.5) is 0 Å². The summed E-state index contributed by atoms with van der Waals surface area (Å²) < 4.78 is 0. The minimum atomic E-state index is 0. The molecular weight excluding hydrogens is 163 g/mol. The van der Waals surface area contributed by atoms with E-state index in [2.05, 4.69) is 6.07 Å². The van der Waals surface area contributed by atoms with E-state index in [1.807, 2.05) is 6.07 Å². The summed E-state index contributed by atoms with van der Waals surface area (Å²) in [7, 11) is 0. The molecule has 1 aromatic rings. The molecular formula is C7H4NZn-. The van der Waals surface area contributed by atoms with Gasteiger partial charge in [-0.1, -0.05) is 5.56 Å². The standard InChI is InChI=1S/C7H4N.Zn/c8-6-7-4-2-1-3-5-7;/h2-5H;/q-1;. The van der Waals surface area contributed by atoms with Gasteiger partial charge in [-0.05, 0) is 0 Å². The van der Waals surface area contributed by atoms with Crippen LogP contribution in [-0.2, 0) is 19.5 Å². The van der Waals surface area contributed by atoms with Gasteiger partial charge < -0.3 is 0 Å². The molecule has 9 heavy (non-hydrogen) atoms. The van der Waals surface area contributed by atoms with Crippen LogP contribution in [0.15, 0.2) is 24.3 Å². The van der Waals surface area contributed by atoms with Gasteiger partial charge in [-0.15, -0.1) is 0 Å². The predicted molar refractivity (Wildman–Crippen MR) is 30.0 cm³/mol. The van der Waals surface area contributed by atoms with Crippen LogP contribution in [0.5, 0.6) is 0 Å². The topological polar surface area (TPSA) is 23.8 Å². The molecule has 0 bridgehead atoms. The second kappa shape index (κ2) is 4.24. The smallest absolute Gasteiger partial charge is 0.0725 e. The third kappa shape index (κ3) is 2.39. The van der Waals surface area contributed by atoms with Crippen molar-refractivity contribution in [3.05, 3.63) is 35.9 Å². The maximum atomic E-state index is 8.27. The van der Waals surface area contributed by atoms with E-state index in [0.717, 1.165) is 0 Å². The van der Waals surface area contributed by atoms with Gasteiger partial charge in [0, 0.05) is 19.5 Å². The minimum absolute atomic E-state index is 0. The Morgan fingerprint density at radius 1 is 1.33 bits per heavy atom. The average molecular weight is 168 g/mol. The largest absolute Gasteiger partial charge is 0.195 e. The fourth-order valence-electron chi connectivity index (χ4n) is 0.461. The Labute approximate surface area is 67.1 Å². The van der Waals surface area contributed by atoms with Crippen molar-refractivity contribution in [2.75, 3.05) is 0 Å². The molecule has 0 radical (unpaired) electrons. The Morgan fingerprint density at radius 2 is 1.89 bits per heavy atom. The summed E-state index contributed by atoms with van der Waals surface area (Å²) in [5, 5.41) is 8.27. The Balaban J connectivity index is 0.000000640. The van der Waals surface area contributed by atoms with Crippen molar-refractivity contribution in [3.8, 4) is 6.07 Å². The molecule has 0 aliphatic heterocycles. The van der Waals surface area contributed by atoms with E-state index in [4.69, 9.17) is 5.26 Å². The fraction of sp³-hybridized carbons (Fsp3) is 0. The number of nitriles is 1. The van der Waals surface area contributed by atoms with Gasteiger partial charge in [-0.25, -0.2) is 0 Å². The Bertz CT molecular complexity index is 200. The summed E-state index contributed by atoms with van der Waals surface area (Å²) in [4.78, 5) is 0. The van der Waals surface area contributed by atoms with Crippen LogP contribution >= 0.6 is 0 Å². The summed E-state index contributed by atoms with van der Waals surface area (Å²) in [6.07, 6.45) is 0. The van der Waals surface area contributed by atoms with E-state index >= 15 is 0 Å². The molecule has 2 heteroatoms. The van der Waals surface area contributed by atoms with Crippen LogP contribution in [-0.4, -0.2) is 0 Å². The van der Waals surface area contributed by atoms with E-state index in [-0.39, 0.29) is 19.5 Å². The van der Waals surface area contributed by atoms with Gasteiger partial charge in [0.2, 0.25) is 0 Å². The van der Waals surface area contributed by atoms with Crippen LogP contribution in [0.1, 0.15) is 5.56 Å². The Kier molecular flexibility index (Phi) is 3.92. The minimum Gasteiger partial charge on any atom is -0.195 e. The molecule has 0 atom stereocenters. The second-order valence-corrected chi connectivity index (χ2v) is 1.40. The molecule has 0 unspecified atom stereocenters. The first-order valence-corrected chi connectivity index (χ1v) is 2.29. The van der Waals surface area contributed by atoms with E-state index < -0.39 is 0 Å². The van der Waals surface area contributed by atoms with Gasteiger partial charge in [-0.2, -0.15) is 35.6 Å². The maximum Gasteiger partial charge on any atom is 0.0725 e. The first-order valence-electron chi connectivity index (χ1n) is 2.29. The van der Waals surface area contributed by atoms with Crippen LogP contribution < -0.4 is 0 Å². The molecule has 0 N–H and O–H groups in total. The SMILES string of the molecule is N#Cc1cc[c-]cc1.[Zn]. The summed E-state index contributed by atoms with van der Waals surface area (Å²) >= 11 is 0.